The highest BCUT2D eigenvalue weighted by molar-refractivity contribution is 5.87. The number of hydrogen-bond donors (Lipinski definition) is 4. The average Bonchev–Trinajstić information content (AvgIpc) is 3.43. The topological polar surface area (TPSA) is 119 Å². The van der Waals surface area contributed by atoms with Crippen LogP contribution in [-0.4, -0.2) is 28.0 Å². The Morgan fingerprint density at radius 2 is 2.13 bits per heavy atom. The van der Waals surface area contributed by atoms with Crippen LogP contribution in [0, 0.1) is 17.8 Å². The highest BCUT2D eigenvalue weighted by Crippen LogP contribution is 2.45. The molecule has 4 unspecified atom stereocenters. The van der Waals surface area contributed by atoms with Gasteiger partial charge in [-0.2, -0.15) is 0 Å². The fraction of sp³-hybridized carbons (Fsp3) is 0.348. The van der Waals surface area contributed by atoms with Crippen molar-refractivity contribution in [1.29, 1.82) is 0 Å². The molecule has 1 amide bonds. The predicted octanol–water partition coefficient (Wildman–Crippen LogP) is 3.00. The summed E-state index contributed by atoms with van der Waals surface area (Å²) in [5.41, 5.74) is 7.34. The summed E-state index contributed by atoms with van der Waals surface area (Å²) in [6.07, 6.45) is 7.22. The van der Waals surface area contributed by atoms with E-state index in [-0.39, 0.29) is 29.9 Å². The summed E-state index contributed by atoms with van der Waals surface area (Å²) in [6.45, 7) is 3.99. The molecule has 3 aromatic rings. The average molecular weight is 420 g/mol. The number of H-pyrrole nitrogens is 2. The number of nitrogens with two attached hydrogens (primary N) is 1. The van der Waals surface area contributed by atoms with Gasteiger partial charge in [0.25, 0.3) is 0 Å². The summed E-state index contributed by atoms with van der Waals surface area (Å²) in [5, 5.41) is 7.81. The molecule has 2 bridgehead atoms. The first-order chi connectivity index (χ1) is 15.0. The Morgan fingerprint density at radius 3 is 2.94 bits per heavy atom. The SMILES string of the molecule is CC(C)Oc1cccc(Nc2nc3[nH]ccc3c(NC3C4C=CC(C4)C3C(N)=O)[nH+]2)c1. The Labute approximate surface area is 180 Å². The van der Waals surface area contributed by atoms with Crippen molar-refractivity contribution in [2.75, 3.05) is 10.6 Å². The predicted molar refractivity (Wildman–Crippen MR) is 119 cm³/mol. The highest BCUT2D eigenvalue weighted by atomic mass is 16.5. The third kappa shape index (κ3) is 3.69. The molecule has 6 N–H and O–H groups in total. The molecule has 2 aliphatic rings. The number of ether oxygens (including phenoxy) is 1. The number of nitrogens with one attached hydrogen (secondary N) is 4. The third-order valence-corrected chi connectivity index (χ3v) is 6.03. The van der Waals surface area contributed by atoms with E-state index < -0.39 is 0 Å². The Balaban J connectivity index is 1.44. The van der Waals surface area contributed by atoms with Gasteiger partial charge in [-0.15, -0.1) is 0 Å². The Bertz CT molecular complexity index is 1150. The maximum absolute atomic E-state index is 12.1. The maximum atomic E-state index is 12.1. The number of primary amides is 1. The third-order valence-electron chi connectivity index (χ3n) is 6.03. The van der Waals surface area contributed by atoms with Crippen LogP contribution in [0.3, 0.4) is 0 Å². The molecule has 2 aliphatic carbocycles. The van der Waals surface area contributed by atoms with Crippen molar-refractivity contribution in [3.8, 4) is 5.75 Å². The van der Waals surface area contributed by atoms with Gasteiger partial charge in [-0.1, -0.05) is 23.2 Å². The molecule has 1 saturated carbocycles. The van der Waals surface area contributed by atoms with Crippen LogP contribution >= 0.6 is 0 Å². The molecule has 2 aromatic heterocycles. The number of aromatic nitrogens is 3. The van der Waals surface area contributed by atoms with E-state index in [0.717, 1.165) is 34.7 Å². The molecule has 0 aliphatic heterocycles. The molecule has 2 heterocycles. The largest absolute Gasteiger partial charge is 0.491 e. The number of rotatable bonds is 7. The van der Waals surface area contributed by atoms with E-state index >= 15 is 0 Å². The van der Waals surface area contributed by atoms with Crippen molar-refractivity contribution in [1.82, 2.24) is 9.97 Å². The lowest BCUT2D eigenvalue weighted by atomic mass is 9.88. The first-order valence-corrected chi connectivity index (χ1v) is 10.7. The minimum absolute atomic E-state index is 0.0418. The molecule has 0 spiro atoms. The van der Waals surface area contributed by atoms with E-state index in [2.05, 4.69) is 37.7 Å². The van der Waals surface area contributed by atoms with Crippen LogP contribution in [-0.2, 0) is 4.79 Å². The van der Waals surface area contributed by atoms with Crippen molar-refractivity contribution in [2.45, 2.75) is 32.4 Å². The number of aromatic amines is 2. The lowest BCUT2D eigenvalue weighted by Gasteiger charge is -2.25. The van der Waals surface area contributed by atoms with Crippen molar-refractivity contribution >= 4 is 34.4 Å². The van der Waals surface area contributed by atoms with E-state index in [1.165, 1.54) is 0 Å². The molecule has 8 heteroatoms. The molecular weight excluding hydrogens is 392 g/mol. The van der Waals surface area contributed by atoms with Crippen LogP contribution in [0.1, 0.15) is 20.3 Å². The van der Waals surface area contributed by atoms with Gasteiger partial charge in [0.05, 0.1) is 29.1 Å². The second-order valence-electron chi connectivity index (χ2n) is 8.57. The molecule has 1 aromatic carbocycles. The van der Waals surface area contributed by atoms with Gasteiger partial charge in [-0.25, -0.2) is 4.98 Å². The van der Waals surface area contributed by atoms with Gasteiger partial charge in [-0.3, -0.25) is 10.1 Å². The number of amides is 1. The maximum Gasteiger partial charge on any atom is 0.351 e. The fourth-order valence-electron chi connectivity index (χ4n) is 4.78. The van der Waals surface area contributed by atoms with Gasteiger partial charge in [0.2, 0.25) is 17.4 Å². The van der Waals surface area contributed by atoms with Crippen molar-refractivity contribution in [3.05, 3.63) is 48.7 Å². The number of carbonyl (C=O) groups excluding carboxylic acids is 1. The Morgan fingerprint density at radius 1 is 1.29 bits per heavy atom. The summed E-state index contributed by atoms with van der Waals surface area (Å²) in [5.74, 6) is 2.21. The smallest absolute Gasteiger partial charge is 0.351 e. The number of allylic oxidation sites excluding steroid dienone is 1. The molecule has 4 atom stereocenters. The summed E-state index contributed by atoms with van der Waals surface area (Å²) in [6, 6.07) is 9.68. The van der Waals surface area contributed by atoms with Crippen LogP contribution in [0.15, 0.2) is 48.7 Å². The summed E-state index contributed by atoms with van der Waals surface area (Å²) < 4.78 is 5.79. The fourth-order valence-corrected chi connectivity index (χ4v) is 4.78. The van der Waals surface area contributed by atoms with Crippen LogP contribution in [0.5, 0.6) is 5.75 Å². The van der Waals surface area contributed by atoms with Crippen LogP contribution in [0.4, 0.5) is 17.5 Å². The van der Waals surface area contributed by atoms with Gasteiger partial charge in [0.1, 0.15) is 5.75 Å². The monoisotopic (exact) mass is 419 g/mol. The molecule has 1 fully saturated rings. The van der Waals surface area contributed by atoms with E-state index in [1.54, 1.807) is 0 Å². The van der Waals surface area contributed by atoms with Gasteiger partial charge in [0.15, 0.2) is 0 Å². The molecule has 5 rings (SSSR count). The van der Waals surface area contributed by atoms with E-state index in [9.17, 15) is 4.79 Å². The first-order valence-electron chi connectivity index (χ1n) is 10.7. The number of nitrogens with zero attached hydrogens (tertiary/aromatic N) is 1. The van der Waals surface area contributed by atoms with Crippen LogP contribution in [0.2, 0.25) is 0 Å². The molecule has 160 valence electrons. The van der Waals surface area contributed by atoms with Gasteiger partial charge < -0.3 is 20.8 Å². The number of hydrogen-bond acceptors (Lipinski definition) is 5. The standard InChI is InChI=1S/C23H26N6O2/c1-12(2)31-16-5-3-4-15(11-16)26-23-28-21-17(8-9-25-21)22(29-23)27-19-14-7-6-13(10-14)18(19)20(24)30/h3-9,11-14,18-19H,10H2,1-2H3,(H2,24,30)(H3,25,26,27,28,29)/p+1. The highest BCUT2D eigenvalue weighted by Gasteiger charge is 2.49. The zero-order valence-corrected chi connectivity index (χ0v) is 17.6. The summed E-state index contributed by atoms with van der Waals surface area (Å²) in [7, 11) is 0. The summed E-state index contributed by atoms with van der Waals surface area (Å²) >= 11 is 0. The number of fused-ring (bicyclic) bond motifs is 3. The Hall–Kier alpha value is -3.55. The first kappa shape index (κ1) is 19.4. The molecule has 8 nitrogen and oxygen atoms in total. The normalized spacial score (nSPS) is 24.1. The van der Waals surface area contributed by atoms with Gasteiger partial charge >= 0.3 is 5.95 Å². The number of anilines is 3. The van der Waals surface area contributed by atoms with Crippen molar-refractivity contribution < 1.29 is 14.5 Å². The van der Waals surface area contributed by atoms with Crippen LogP contribution < -0.4 is 26.1 Å². The number of benzene rings is 1. The quantitative estimate of drug-likeness (QED) is 0.439. The lowest BCUT2D eigenvalue weighted by molar-refractivity contribution is -0.346. The zero-order valence-electron chi connectivity index (χ0n) is 17.6. The molecular formula is C23H27N6O2+. The molecule has 31 heavy (non-hydrogen) atoms. The Kier molecular flexibility index (Phi) is 4.77. The molecule has 0 saturated heterocycles. The molecule has 0 radical (unpaired) electrons. The van der Waals surface area contributed by atoms with Gasteiger partial charge in [0, 0.05) is 18.2 Å². The summed E-state index contributed by atoms with van der Waals surface area (Å²) in [4.78, 5) is 23.3. The lowest BCUT2D eigenvalue weighted by Crippen LogP contribution is -2.42. The minimum atomic E-state index is -0.256. The minimum Gasteiger partial charge on any atom is -0.491 e. The van der Waals surface area contributed by atoms with E-state index in [1.807, 2.05) is 50.4 Å². The van der Waals surface area contributed by atoms with E-state index in [0.29, 0.717) is 11.9 Å². The second-order valence-corrected chi connectivity index (χ2v) is 8.57. The van der Waals surface area contributed by atoms with E-state index in [4.69, 9.17) is 10.5 Å². The van der Waals surface area contributed by atoms with Crippen LogP contribution in [0.25, 0.3) is 11.0 Å². The van der Waals surface area contributed by atoms with Crippen molar-refractivity contribution in [3.63, 3.8) is 0 Å². The zero-order chi connectivity index (χ0) is 21.5. The number of carbonyl (C=O) groups is 1. The second kappa shape index (κ2) is 7.61. The van der Waals surface area contributed by atoms with Crippen molar-refractivity contribution in [2.24, 2.45) is 23.5 Å². The van der Waals surface area contributed by atoms with Gasteiger partial charge in [-0.05, 0) is 44.4 Å².